The summed E-state index contributed by atoms with van der Waals surface area (Å²) < 4.78 is 6.79. The van der Waals surface area contributed by atoms with Gasteiger partial charge in [0.15, 0.2) is 0 Å². The number of fused-ring (bicyclic) bond motifs is 7. The fourth-order valence-electron chi connectivity index (χ4n) is 12.0. The Hall–Kier alpha value is -2.60. The molecule has 6 nitrogen and oxygen atoms in total. The zero-order valence-electron chi connectivity index (χ0n) is 28.1. The molecule has 0 amide bonds. The van der Waals surface area contributed by atoms with E-state index in [2.05, 4.69) is 47.6 Å². The molecule has 6 rings (SSSR count). The molecule has 5 aliphatic carbocycles. The van der Waals surface area contributed by atoms with Crippen molar-refractivity contribution in [3.8, 4) is 5.75 Å². The Morgan fingerprint density at radius 2 is 1.62 bits per heavy atom. The number of rotatable bonds is 6. The first-order chi connectivity index (χ1) is 21.1. The smallest absolute Gasteiger partial charge is 0.328 e. The second-order valence-corrected chi connectivity index (χ2v) is 16.8. The summed E-state index contributed by atoms with van der Waals surface area (Å²) in [6, 6.07) is 7.61. The molecule has 3 N–H and O–H groups in total. The highest BCUT2D eigenvalue weighted by Crippen LogP contribution is 2.76. The highest BCUT2D eigenvalue weighted by atomic mass is 16.5. The highest BCUT2D eigenvalue weighted by Gasteiger charge is 2.71. The summed E-state index contributed by atoms with van der Waals surface area (Å²) in [6.45, 7) is 14.7. The summed E-state index contributed by atoms with van der Waals surface area (Å²) in [4.78, 5) is 24.2. The SMILES string of the molecule is C[C@@H]1CC[C@]2(C(=O)O)CC[C@]3(COc4ccc(/C=C\C(=O)O)cc4)C(=CC[C@@H]4[C@@]5(C)CC[C@H](O)C(C)(C)[C@@H]5CC[C@]43C)C2[C@H]1C. The van der Waals surface area contributed by atoms with Crippen LogP contribution in [0.4, 0.5) is 0 Å². The van der Waals surface area contributed by atoms with Crippen LogP contribution >= 0.6 is 0 Å². The molecule has 0 heterocycles. The molecular weight excluding hydrogens is 564 g/mol. The van der Waals surface area contributed by atoms with E-state index >= 15 is 0 Å². The summed E-state index contributed by atoms with van der Waals surface area (Å²) in [5.41, 5.74) is 1.01. The molecule has 0 saturated heterocycles. The third kappa shape index (κ3) is 4.66. The van der Waals surface area contributed by atoms with Gasteiger partial charge in [-0.25, -0.2) is 4.79 Å². The van der Waals surface area contributed by atoms with Gasteiger partial charge < -0.3 is 20.1 Å². The highest BCUT2D eigenvalue weighted by molar-refractivity contribution is 5.85. The van der Waals surface area contributed by atoms with Crippen molar-refractivity contribution < 1.29 is 29.6 Å². The number of hydrogen-bond acceptors (Lipinski definition) is 4. The zero-order chi connectivity index (χ0) is 32.6. The first kappa shape index (κ1) is 32.3. The van der Waals surface area contributed by atoms with Crippen LogP contribution in [0.1, 0.15) is 105 Å². The molecule has 0 bridgehead atoms. The van der Waals surface area contributed by atoms with E-state index in [0.29, 0.717) is 30.8 Å². The lowest BCUT2D eigenvalue weighted by molar-refractivity contribution is -0.214. The lowest BCUT2D eigenvalue weighted by Crippen LogP contribution is -2.67. The third-order valence-corrected chi connectivity index (χ3v) is 14.9. The molecule has 1 aromatic rings. The maximum atomic E-state index is 13.2. The van der Waals surface area contributed by atoms with Crippen LogP contribution in [-0.2, 0) is 9.59 Å². The number of hydrogen-bond donors (Lipinski definition) is 3. The minimum Gasteiger partial charge on any atom is -0.493 e. The fourth-order valence-corrected chi connectivity index (χ4v) is 12.0. The third-order valence-electron chi connectivity index (χ3n) is 14.9. The van der Waals surface area contributed by atoms with Gasteiger partial charge in [0.2, 0.25) is 0 Å². The molecule has 0 spiro atoms. The van der Waals surface area contributed by atoms with Gasteiger partial charge in [-0.05, 0) is 127 Å². The number of allylic oxidation sites excluding steroid dienone is 1. The quantitative estimate of drug-likeness (QED) is 0.219. The van der Waals surface area contributed by atoms with Crippen molar-refractivity contribution in [2.75, 3.05) is 6.61 Å². The predicted octanol–water partition coefficient (Wildman–Crippen LogP) is 8.25. The van der Waals surface area contributed by atoms with Crippen molar-refractivity contribution in [3.63, 3.8) is 0 Å². The van der Waals surface area contributed by atoms with Gasteiger partial charge in [0.05, 0.1) is 18.1 Å². The number of aliphatic hydroxyl groups is 1. The molecule has 10 atom stereocenters. The molecule has 4 saturated carbocycles. The van der Waals surface area contributed by atoms with E-state index in [9.17, 15) is 19.8 Å². The summed E-state index contributed by atoms with van der Waals surface area (Å²) in [7, 11) is 0. The van der Waals surface area contributed by atoms with Gasteiger partial charge in [0, 0.05) is 11.5 Å². The number of aliphatic carboxylic acids is 2. The topological polar surface area (TPSA) is 104 Å². The predicted molar refractivity (Wildman–Crippen MR) is 176 cm³/mol. The number of carbonyl (C=O) groups is 2. The van der Waals surface area contributed by atoms with E-state index in [4.69, 9.17) is 9.84 Å². The van der Waals surface area contributed by atoms with E-state index in [-0.39, 0.29) is 39.6 Å². The zero-order valence-corrected chi connectivity index (χ0v) is 28.1. The van der Waals surface area contributed by atoms with Crippen LogP contribution in [-0.4, -0.2) is 40.0 Å². The van der Waals surface area contributed by atoms with Gasteiger partial charge in [-0.3, -0.25) is 4.79 Å². The lowest BCUT2D eigenvalue weighted by Gasteiger charge is -2.71. The van der Waals surface area contributed by atoms with Gasteiger partial charge in [-0.15, -0.1) is 0 Å². The Kier molecular flexibility index (Phi) is 7.90. The Bertz CT molecular complexity index is 1390. The molecule has 6 heteroatoms. The standard InChI is InChI=1S/C39H54O6/c1-24-15-20-38(34(43)44)21-22-39(23-45-27-10-7-26(8-11-27)9-14-32(41)42)28(33(38)25(24)2)12-13-30-36(5)18-17-31(40)35(3,4)29(36)16-19-37(30,39)6/h7-12,14,24-25,29-31,33,40H,13,15-23H2,1-6H3,(H,41,42)(H,43,44)/b14-9-/t24-,25+,29+,30-,31+,33?,36+,37-,38+,39+/m1/s1. The molecule has 0 radical (unpaired) electrons. The van der Waals surface area contributed by atoms with E-state index in [1.807, 2.05) is 24.3 Å². The Morgan fingerprint density at radius 1 is 0.911 bits per heavy atom. The van der Waals surface area contributed by atoms with E-state index in [1.54, 1.807) is 6.08 Å². The van der Waals surface area contributed by atoms with Crippen molar-refractivity contribution >= 4 is 18.0 Å². The first-order valence-electron chi connectivity index (χ1n) is 17.4. The number of benzene rings is 1. The average Bonchev–Trinajstić information content (AvgIpc) is 2.99. The molecule has 1 aromatic carbocycles. The normalized spacial score (nSPS) is 43.7. The minimum absolute atomic E-state index is 0.00689. The summed E-state index contributed by atoms with van der Waals surface area (Å²) in [6.07, 6.45) is 13.0. The largest absolute Gasteiger partial charge is 0.493 e. The number of carboxylic acids is 2. The fraction of sp³-hybridized carbons (Fsp3) is 0.692. The van der Waals surface area contributed by atoms with Crippen LogP contribution in [0.25, 0.3) is 6.08 Å². The van der Waals surface area contributed by atoms with Crippen LogP contribution < -0.4 is 4.74 Å². The van der Waals surface area contributed by atoms with Crippen LogP contribution in [0.2, 0.25) is 0 Å². The molecular formula is C39H54O6. The second-order valence-electron chi connectivity index (χ2n) is 16.8. The minimum atomic E-state index is -0.978. The average molecular weight is 619 g/mol. The number of carboxylic acid groups (broad SMARTS) is 2. The molecule has 45 heavy (non-hydrogen) atoms. The maximum absolute atomic E-state index is 13.2. The van der Waals surface area contributed by atoms with Crippen LogP contribution in [0.5, 0.6) is 5.75 Å². The summed E-state index contributed by atoms with van der Waals surface area (Å²) >= 11 is 0. The van der Waals surface area contributed by atoms with Gasteiger partial charge in [0.25, 0.3) is 0 Å². The molecule has 1 unspecified atom stereocenters. The molecule has 4 fully saturated rings. The molecule has 0 aromatic heterocycles. The Labute approximate surface area is 269 Å². The maximum Gasteiger partial charge on any atom is 0.328 e. The van der Waals surface area contributed by atoms with Gasteiger partial charge >= 0.3 is 11.9 Å². The van der Waals surface area contributed by atoms with Crippen LogP contribution in [0.15, 0.2) is 42.0 Å². The summed E-state index contributed by atoms with van der Waals surface area (Å²) in [5.74, 6) is 0.729. The van der Waals surface area contributed by atoms with E-state index in [1.165, 1.54) is 5.57 Å². The van der Waals surface area contributed by atoms with Gasteiger partial charge in [-0.1, -0.05) is 65.3 Å². The van der Waals surface area contributed by atoms with Crippen molar-refractivity contribution in [1.82, 2.24) is 0 Å². The van der Waals surface area contributed by atoms with E-state index < -0.39 is 17.4 Å². The van der Waals surface area contributed by atoms with Gasteiger partial charge in [0.1, 0.15) is 5.75 Å². The molecule has 246 valence electrons. The number of ether oxygens (including phenoxy) is 1. The molecule has 0 aliphatic heterocycles. The van der Waals surface area contributed by atoms with Crippen molar-refractivity contribution in [2.24, 2.45) is 56.7 Å². The lowest BCUT2D eigenvalue weighted by atomic mass is 9.33. The number of aliphatic hydroxyl groups excluding tert-OH is 1. The Balaban J connectivity index is 1.44. The monoisotopic (exact) mass is 618 g/mol. The molecule has 5 aliphatic rings. The first-order valence-corrected chi connectivity index (χ1v) is 17.4. The van der Waals surface area contributed by atoms with Crippen molar-refractivity contribution in [1.29, 1.82) is 0 Å². The van der Waals surface area contributed by atoms with E-state index in [0.717, 1.165) is 68.8 Å². The van der Waals surface area contributed by atoms with Crippen molar-refractivity contribution in [2.45, 2.75) is 105 Å². The Morgan fingerprint density at radius 3 is 2.29 bits per heavy atom. The van der Waals surface area contributed by atoms with Crippen LogP contribution in [0, 0.1) is 56.7 Å². The van der Waals surface area contributed by atoms with Crippen LogP contribution in [0.3, 0.4) is 0 Å². The van der Waals surface area contributed by atoms with Crippen molar-refractivity contribution in [3.05, 3.63) is 47.6 Å². The summed E-state index contributed by atoms with van der Waals surface area (Å²) in [5, 5.41) is 31.0. The van der Waals surface area contributed by atoms with Gasteiger partial charge in [-0.2, -0.15) is 0 Å². The second kappa shape index (κ2) is 11.0.